The summed E-state index contributed by atoms with van der Waals surface area (Å²) < 4.78 is 4.69. The van der Waals surface area contributed by atoms with Crippen molar-refractivity contribution in [3.63, 3.8) is 0 Å². The number of ether oxygens (including phenoxy) is 1. The first-order valence-electron chi connectivity index (χ1n) is 6.35. The second-order valence-corrected chi connectivity index (χ2v) is 4.49. The zero-order chi connectivity index (χ0) is 13.4. The summed E-state index contributed by atoms with van der Waals surface area (Å²) in [5, 5.41) is 2.75. The predicted molar refractivity (Wildman–Crippen MR) is 69.1 cm³/mol. The van der Waals surface area contributed by atoms with Crippen molar-refractivity contribution in [3.05, 3.63) is 12.7 Å². The van der Waals surface area contributed by atoms with Crippen LogP contribution in [0.3, 0.4) is 0 Å². The van der Waals surface area contributed by atoms with Gasteiger partial charge in [-0.1, -0.05) is 12.5 Å². The maximum Gasteiger partial charge on any atom is 0.307 e. The van der Waals surface area contributed by atoms with Crippen molar-refractivity contribution in [3.8, 4) is 0 Å². The lowest BCUT2D eigenvalue weighted by Gasteiger charge is -2.34. The van der Waals surface area contributed by atoms with E-state index in [9.17, 15) is 9.59 Å². The number of carbonyl (C=O) groups is 2. The molecule has 1 aliphatic rings. The molecule has 1 unspecified atom stereocenters. The zero-order valence-corrected chi connectivity index (χ0v) is 11.0. The van der Waals surface area contributed by atoms with Gasteiger partial charge in [-0.3, -0.25) is 14.5 Å². The summed E-state index contributed by atoms with van der Waals surface area (Å²) in [4.78, 5) is 25.0. The quantitative estimate of drug-likeness (QED) is 0.560. The van der Waals surface area contributed by atoms with Gasteiger partial charge >= 0.3 is 5.97 Å². The molecule has 1 N–H and O–H groups in total. The monoisotopic (exact) mass is 254 g/mol. The third-order valence-corrected chi connectivity index (χ3v) is 3.17. The summed E-state index contributed by atoms with van der Waals surface area (Å²) in [6.07, 6.45) is 5.15. The lowest BCUT2D eigenvalue weighted by atomic mass is 9.99. The van der Waals surface area contributed by atoms with Crippen LogP contribution in [0.1, 0.15) is 25.7 Å². The van der Waals surface area contributed by atoms with Crippen LogP contribution in [0.2, 0.25) is 0 Å². The number of nitrogens with one attached hydrogen (secondary N) is 1. The summed E-state index contributed by atoms with van der Waals surface area (Å²) in [6, 6.07) is 0.126. The van der Waals surface area contributed by atoms with E-state index in [4.69, 9.17) is 4.74 Å². The predicted octanol–water partition coefficient (Wildman–Crippen LogP) is 0.706. The standard InChI is InChI=1S/C13H22N2O3/c1-3-7-14-12(16)10-15-8-5-4-6-11(15)9-13(17)18-2/h3,11H,1,4-10H2,2H3,(H,14,16). The van der Waals surface area contributed by atoms with E-state index in [1.807, 2.05) is 0 Å². The Labute approximate surface area is 108 Å². The molecule has 102 valence electrons. The fourth-order valence-corrected chi connectivity index (χ4v) is 2.20. The van der Waals surface area contributed by atoms with Crippen LogP contribution in [0.4, 0.5) is 0 Å². The Kier molecular flexibility index (Phi) is 6.43. The molecule has 1 aliphatic heterocycles. The Morgan fingerprint density at radius 2 is 2.28 bits per heavy atom. The minimum absolute atomic E-state index is 0.0216. The molecule has 0 aromatic heterocycles. The average Bonchev–Trinajstić information content (AvgIpc) is 2.38. The van der Waals surface area contributed by atoms with Gasteiger partial charge in [0.05, 0.1) is 20.1 Å². The molecule has 0 spiro atoms. The molecular weight excluding hydrogens is 232 g/mol. The second-order valence-electron chi connectivity index (χ2n) is 4.49. The van der Waals surface area contributed by atoms with Crippen LogP contribution in [0.15, 0.2) is 12.7 Å². The first kappa shape index (κ1) is 14.7. The third kappa shape index (κ3) is 4.87. The van der Waals surface area contributed by atoms with E-state index < -0.39 is 0 Å². The van der Waals surface area contributed by atoms with Gasteiger partial charge in [-0.15, -0.1) is 6.58 Å². The summed E-state index contributed by atoms with van der Waals surface area (Å²) in [5.74, 6) is -0.231. The molecule has 1 atom stereocenters. The van der Waals surface area contributed by atoms with Crippen molar-refractivity contribution < 1.29 is 14.3 Å². The van der Waals surface area contributed by atoms with E-state index in [1.54, 1.807) is 6.08 Å². The SMILES string of the molecule is C=CCNC(=O)CN1CCCCC1CC(=O)OC. The molecule has 1 saturated heterocycles. The Balaban J connectivity index is 2.45. The second kappa shape index (κ2) is 7.87. The minimum Gasteiger partial charge on any atom is -0.469 e. The first-order valence-corrected chi connectivity index (χ1v) is 6.35. The highest BCUT2D eigenvalue weighted by atomic mass is 16.5. The van der Waals surface area contributed by atoms with Gasteiger partial charge in [0, 0.05) is 12.6 Å². The third-order valence-electron chi connectivity index (χ3n) is 3.17. The van der Waals surface area contributed by atoms with E-state index in [0.717, 1.165) is 25.8 Å². The molecule has 1 fully saturated rings. The smallest absolute Gasteiger partial charge is 0.307 e. The summed E-state index contributed by atoms with van der Waals surface area (Å²) >= 11 is 0. The first-order chi connectivity index (χ1) is 8.67. The van der Waals surface area contributed by atoms with Crippen LogP contribution < -0.4 is 5.32 Å². The number of nitrogens with zero attached hydrogens (tertiary/aromatic N) is 1. The van der Waals surface area contributed by atoms with E-state index in [1.165, 1.54) is 7.11 Å². The van der Waals surface area contributed by atoms with Gasteiger partial charge in [-0.2, -0.15) is 0 Å². The molecule has 0 radical (unpaired) electrons. The average molecular weight is 254 g/mol. The Bertz CT molecular complexity index is 305. The van der Waals surface area contributed by atoms with Crippen molar-refractivity contribution >= 4 is 11.9 Å². The lowest BCUT2D eigenvalue weighted by Crippen LogP contribution is -2.46. The molecule has 5 nitrogen and oxygen atoms in total. The summed E-state index contributed by atoms with van der Waals surface area (Å²) in [6.45, 7) is 5.24. The number of methoxy groups -OCH3 is 1. The van der Waals surface area contributed by atoms with Gasteiger partial charge < -0.3 is 10.1 Å². The molecule has 5 heteroatoms. The van der Waals surface area contributed by atoms with Gasteiger partial charge in [0.1, 0.15) is 0 Å². The number of carbonyl (C=O) groups excluding carboxylic acids is 2. The topological polar surface area (TPSA) is 58.6 Å². The van der Waals surface area contributed by atoms with Crippen molar-refractivity contribution in [1.82, 2.24) is 10.2 Å². The fourth-order valence-electron chi connectivity index (χ4n) is 2.20. The number of rotatable bonds is 6. The van der Waals surface area contributed by atoms with Crippen LogP contribution in [-0.2, 0) is 14.3 Å². The Morgan fingerprint density at radius 3 is 2.94 bits per heavy atom. The lowest BCUT2D eigenvalue weighted by molar-refractivity contribution is -0.143. The van der Waals surface area contributed by atoms with Gasteiger partial charge in [0.2, 0.25) is 5.91 Å². The van der Waals surface area contributed by atoms with Gasteiger partial charge in [0.15, 0.2) is 0 Å². The van der Waals surface area contributed by atoms with E-state index in [2.05, 4.69) is 16.8 Å². The highest BCUT2D eigenvalue weighted by molar-refractivity contribution is 5.78. The Hall–Kier alpha value is -1.36. The van der Waals surface area contributed by atoms with Gasteiger partial charge in [-0.25, -0.2) is 0 Å². The molecule has 0 bridgehead atoms. The van der Waals surface area contributed by atoms with Crippen LogP contribution >= 0.6 is 0 Å². The summed E-state index contributed by atoms with van der Waals surface area (Å²) in [5.41, 5.74) is 0. The number of hydrogen-bond donors (Lipinski definition) is 1. The highest BCUT2D eigenvalue weighted by Crippen LogP contribution is 2.19. The van der Waals surface area contributed by atoms with E-state index >= 15 is 0 Å². The summed E-state index contributed by atoms with van der Waals surface area (Å²) in [7, 11) is 1.40. The van der Waals surface area contributed by atoms with Crippen molar-refractivity contribution in [2.24, 2.45) is 0 Å². The number of piperidine rings is 1. The molecule has 1 heterocycles. The fraction of sp³-hybridized carbons (Fsp3) is 0.692. The largest absolute Gasteiger partial charge is 0.469 e. The molecular formula is C13H22N2O3. The van der Waals surface area contributed by atoms with Crippen LogP contribution in [0.5, 0.6) is 0 Å². The zero-order valence-electron chi connectivity index (χ0n) is 11.0. The molecule has 0 aromatic carbocycles. The molecule has 18 heavy (non-hydrogen) atoms. The molecule has 0 aliphatic carbocycles. The number of hydrogen-bond acceptors (Lipinski definition) is 4. The Morgan fingerprint density at radius 1 is 1.50 bits per heavy atom. The number of likely N-dealkylation sites (tertiary alicyclic amines) is 1. The number of esters is 1. The van der Waals surface area contributed by atoms with Crippen molar-refractivity contribution in [1.29, 1.82) is 0 Å². The van der Waals surface area contributed by atoms with Crippen molar-refractivity contribution in [2.45, 2.75) is 31.7 Å². The molecule has 0 saturated carbocycles. The number of amides is 1. The van der Waals surface area contributed by atoms with E-state index in [0.29, 0.717) is 19.5 Å². The van der Waals surface area contributed by atoms with Crippen LogP contribution in [0.25, 0.3) is 0 Å². The van der Waals surface area contributed by atoms with Gasteiger partial charge in [0.25, 0.3) is 0 Å². The normalized spacial score (nSPS) is 20.2. The highest BCUT2D eigenvalue weighted by Gasteiger charge is 2.26. The van der Waals surface area contributed by atoms with Crippen LogP contribution in [0, 0.1) is 0 Å². The maximum absolute atomic E-state index is 11.7. The van der Waals surface area contributed by atoms with Crippen LogP contribution in [-0.4, -0.2) is 49.6 Å². The minimum atomic E-state index is -0.210. The molecule has 1 amide bonds. The maximum atomic E-state index is 11.7. The molecule has 0 aromatic rings. The van der Waals surface area contributed by atoms with Crippen molar-refractivity contribution in [2.75, 3.05) is 26.7 Å². The van der Waals surface area contributed by atoms with Gasteiger partial charge in [-0.05, 0) is 19.4 Å². The molecule has 1 rings (SSSR count). The van der Waals surface area contributed by atoms with E-state index in [-0.39, 0.29) is 17.9 Å².